The second-order valence-electron chi connectivity index (χ2n) is 2.24. The molecule has 0 heterocycles. The fraction of sp³-hybridized carbons (Fsp3) is 0.833. The fourth-order valence-electron chi connectivity index (χ4n) is 0.426. The molecule has 0 aliphatic heterocycles. The summed E-state index contributed by atoms with van der Waals surface area (Å²) < 4.78 is 24.9. The maximum absolute atomic E-state index is 12.5. The van der Waals surface area contributed by atoms with Crippen LogP contribution < -0.4 is 0 Å². The van der Waals surface area contributed by atoms with Crippen LogP contribution in [0.1, 0.15) is 20.3 Å². The van der Waals surface area contributed by atoms with E-state index in [1.54, 1.807) is 0 Å². The van der Waals surface area contributed by atoms with E-state index in [0.717, 1.165) is 13.0 Å². The van der Waals surface area contributed by atoms with Crippen LogP contribution in [-0.2, 0) is 0 Å². The molecular weight excluding hydrogens is 140 g/mol. The average molecular weight is 149 g/mol. The normalized spacial score (nSPS) is 17.6. The highest BCUT2D eigenvalue weighted by molar-refractivity contribution is 5.05. The molecule has 0 aromatic heterocycles. The summed E-state index contributed by atoms with van der Waals surface area (Å²) in [5, 5.41) is 16.8. The summed E-state index contributed by atoms with van der Waals surface area (Å²) >= 11 is 0. The number of alkyl halides is 2. The quantitative estimate of drug-likeness (QED) is 0.601. The molecule has 0 saturated carbocycles. The van der Waals surface area contributed by atoms with E-state index < -0.39 is 17.9 Å². The van der Waals surface area contributed by atoms with E-state index >= 15 is 0 Å². The van der Waals surface area contributed by atoms with E-state index in [4.69, 9.17) is 10.4 Å². The predicted molar refractivity (Wildman–Crippen MR) is 31.5 cm³/mol. The SMILES string of the molecule is CCC(F)(F)C(C)(O)C#N. The van der Waals surface area contributed by atoms with Crippen LogP contribution in [0.2, 0.25) is 0 Å². The predicted octanol–water partition coefficient (Wildman–Crippen LogP) is 1.31. The monoisotopic (exact) mass is 149 g/mol. The minimum absolute atomic E-state index is 0.534. The summed E-state index contributed by atoms with van der Waals surface area (Å²) in [5.41, 5.74) is -2.54. The third kappa shape index (κ3) is 1.42. The Kier molecular flexibility index (Phi) is 2.33. The maximum Gasteiger partial charge on any atom is 0.288 e. The van der Waals surface area contributed by atoms with Gasteiger partial charge in [0.25, 0.3) is 5.92 Å². The van der Waals surface area contributed by atoms with Crippen molar-refractivity contribution in [1.29, 1.82) is 5.26 Å². The Morgan fingerprint density at radius 1 is 1.60 bits per heavy atom. The van der Waals surface area contributed by atoms with Gasteiger partial charge < -0.3 is 5.11 Å². The molecule has 0 aliphatic carbocycles. The molecule has 0 fully saturated rings. The summed E-state index contributed by atoms with van der Waals surface area (Å²) in [7, 11) is 0. The molecule has 0 saturated heterocycles. The first kappa shape index (κ1) is 9.31. The van der Waals surface area contributed by atoms with Gasteiger partial charge in [-0.05, 0) is 6.92 Å². The van der Waals surface area contributed by atoms with Crippen molar-refractivity contribution in [3.8, 4) is 6.07 Å². The summed E-state index contributed by atoms with van der Waals surface area (Å²) in [6.45, 7) is 2.02. The lowest BCUT2D eigenvalue weighted by molar-refractivity contribution is -0.141. The second kappa shape index (κ2) is 2.51. The van der Waals surface area contributed by atoms with Crippen LogP contribution >= 0.6 is 0 Å². The average Bonchev–Trinajstić information content (AvgIpc) is 1.88. The van der Waals surface area contributed by atoms with E-state index in [9.17, 15) is 8.78 Å². The molecule has 0 rings (SSSR count). The second-order valence-corrected chi connectivity index (χ2v) is 2.24. The van der Waals surface area contributed by atoms with Crippen molar-refractivity contribution in [3.05, 3.63) is 0 Å². The lowest BCUT2D eigenvalue weighted by atomic mass is 9.98. The Morgan fingerprint density at radius 2 is 2.00 bits per heavy atom. The van der Waals surface area contributed by atoms with E-state index in [-0.39, 0.29) is 0 Å². The highest BCUT2D eigenvalue weighted by atomic mass is 19.3. The van der Waals surface area contributed by atoms with Crippen LogP contribution in [0, 0.1) is 11.3 Å². The van der Waals surface area contributed by atoms with Gasteiger partial charge in [-0.15, -0.1) is 0 Å². The smallest absolute Gasteiger partial charge is 0.288 e. The molecule has 0 spiro atoms. The minimum atomic E-state index is -3.32. The molecule has 10 heavy (non-hydrogen) atoms. The molecule has 0 radical (unpaired) electrons. The Balaban J connectivity index is 4.49. The third-order valence-corrected chi connectivity index (χ3v) is 1.37. The molecule has 0 amide bonds. The molecule has 58 valence electrons. The molecule has 1 unspecified atom stereocenters. The zero-order chi connectivity index (χ0) is 8.41. The zero-order valence-corrected chi connectivity index (χ0v) is 5.86. The van der Waals surface area contributed by atoms with Crippen LogP contribution in [0.4, 0.5) is 8.78 Å². The number of rotatable bonds is 2. The summed E-state index contributed by atoms with van der Waals surface area (Å²) in [6.07, 6.45) is -0.534. The fourth-order valence-corrected chi connectivity index (χ4v) is 0.426. The van der Waals surface area contributed by atoms with Gasteiger partial charge in [0, 0.05) is 6.42 Å². The van der Waals surface area contributed by atoms with Crippen molar-refractivity contribution in [1.82, 2.24) is 0 Å². The van der Waals surface area contributed by atoms with E-state index in [2.05, 4.69) is 0 Å². The molecule has 0 aliphatic rings. The van der Waals surface area contributed by atoms with Crippen molar-refractivity contribution in [2.75, 3.05) is 0 Å². The number of hydrogen-bond acceptors (Lipinski definition) is 2. The summed E-state index contributed by atoms with van der Waals surface area (Å²) in [4.78, 5) is 0. The van der Waals surface area contributed by atoms with Gasteiger partial charge in [0.15, 0.2) is 0 Å². The van der Waals surface area contributed by atoms with Crippen LogP contribution in [0.15, 0.2) is 0 Å². The van der Waals surface area contributed by atoms with Gasteiger partial charge in [-0.3, -0.25) is 0 Å². The lowest BCUT2D eigenvalue weighted by Gasteiger charge is -2.24. The molecular formula is C6H9F2NO. The van der Waals surface area contributed by atoms with Crippen molar-refractivity contribution in [2.45, 2.75) is 31.8 Å². The topological polar surface area (TPSA) is 44.0 Å². The highest BCUT2D eigenvalue weighted by Crippen LogP contribution is 2.30. The van der Waals surface area contributed by atoms with Gasteiger partial charge in [-0.1, -0.05) is 6.92 Å². The maximum atomic E-state index is 12.5. The standard InChI is InChI=1S/C6H9F2NO/c1-3-6(7,8)5(2,10)4-9/h10H,3H2,1-2H3. The van der Waals surface area contributed by atoms with Gasteiger partial charge in [0.1, 0.15) is 6.07 Å². The van der Waals surface area contributed by atoms with Crippen molar-refractivity contribution < 1.29 is 13.9 Å². The van der Waals surface area contributed by atoms with Crippen molar-refractivity contribution >= 4 is 0 Å². The summed E-state index contributed by atoms with van der Waals surface area (Å²) in [5.74, 6) is -3.32. The van der Waals surface area contributed by atoms with Gasteiger partial charge in [0.05, 0.1) is 0 Å². The Labute approximate surface area is 58.1 Å². The van der Waals surface area contributed by atoms with Gasteiger partial charge >= 0.3 is 0 Å². The zero-order valence-electron chi connectivity index (χ0n) is 5.86. The number of nitrogens with zero attached hydrogens (tertiary/aromatic N) is 1. The number of aliphatic hydroxyl groups is 1. The van der Waals surface area contributed by atoms with Crippen LogP contribution in [0.5, 0.6) is 0 Å². The van der Waals surface area contributed by atoms with E-state index in [0.29, 0.717) is 0 Å². The number of hydrogen-bond donors (Lipinski definition) is 1. The third-order valence-electron chi connectivity index (χ3n) is 1.37. The van der Waals surface area contributed by atoms with Gasteiger partial charge in [0.2, 0.25) is 5.60 Å². The van der Waals surface area contributed by atoms with Crippen LogP contribution in [0.25, 0.3) is 0 Å². The van der Waals surface area contributed by atoms with Gasteiger partial charge in [-0.2, -0.15) is 5.26 Å². The van der Waals surface area contributed by atoms with E-state index in [1.807, 2.05) is 0 Å². The molecule has 2 nitrogen and oxygen atoms in total. The van der Waals surface area contributed by atoms with Crippen LogP contribution in [0.3, 0.4) is 0 Å². The molecule has 0 aromatic carbocycles. The lowest BCUT2D eigenvalue weighted by Crippen LogP contribution is -2.43. The highest BCUT2D eigenvalue weighted by Gasteiger charge is 2.47. The first-order valence-corrected chi connectivity index (χ1v) is 2.89. The molecule has 1 atom stereocenters. The van der Waals surface area contributed by atoms with Crippen molar-refractivity contribution in [2.24, 2.45) is 0 Å². The number of halogens is 2. The first-order chi connectivity index (χ1) is 4.37. The van der Waals surface area contributed by atoms with E-state index in [1.165, 1.54) is 6.92 Å². The molecule has 0 aromatic rings. The number of nitriles is 1. The summed E-state index contributed by atoms with van der Waals surface area (Å²) in [6, 6.07) is 1.14. The molecule has 4 heteroatoms. The molecule has 0 bridgehead atoms. The Bertz CT molecular complexity index is 160. The first-order valence-electron chi connectivity index (χ1n) is 2.89. The van der Waals surface area contributed by atoms with Crippen LogP contribution in [-0.4, -0.2) is 16.6 Å². The van der Waals surface area contributed by atoms with Crippen molar-refractivity contribution in [3.63, 3.8) is 0 Å². The Hall–Kier alpha value is -0.690. The largest absolute Gasteiger partial charge is 0.371 e. The Morgan fingerprint density at radius 3 is 2.10 bits per heavy atom. The minimum Gasteiger partial charge on any atom is -0.371 e. The molecule has 1 N–H and O–H groups in total. The van der Waals surface area contributed by atoms with Gasteiger partial charge in [-0.25, -0.2) is 8.78 Å².